The molecule has 3 rings (SSSR count). The van der Waals surface area contributed by atoms with E-state index < -0.39 is 16.9 Å². The molecule has 0 spiro atoms. The molecule has 2 aromatic carbocycles. The van der Waals surface area contributed by atoms with Crippen LogP contribution in [-0.2, 0) is 7.05 Å². The number of thioether (sulfide) groups is 1. The fourth-order valence-corrected chi connectivity index (χ4v) is 3.40. The summed E-state index contributed by atoms with van der Waals surface area (Å²) in [5.74, 6) is -0.954. The van der Waals surface area contributed by atoms with Crippen molar-refractivity contribution in [3.8, 4) is 17.1 Å². The number of benzene rings is 2. The SMILES string of the molecule is COc1ccc(-c2nnc(S[C@@H](C)C(=O)c3ccc(F)c(F)c3)n2C)cc1. The molecule has 0 bridgehead atoms. The number of rotatable bonds is 6. The maximum absolute atomic E-state index is 13.4. The van der Waals surface area contributed by atoms with Crippen LogP contribution in [0.5, 0.6) is 5.75 Å². The predicted octanol–water partition coefficient (Wildman–Crippen LogP) is 4.13. The molecule has 5 nitrogen and oxygen atoms in total. The lowest BCUT2D eigenvalue weighted by Crippen LogP contribution is -2.15. The third-order valence-corrected chi connectivity index (χ3v) is 5.17. The largest absolute Gasteiger partial charge is 0.497 e. The molecule has 1 atom stereocenters. The summed E-state index contributed by atoms with van der Waals surface area (Å²) in [6.45, 7) is 1.69. The molecule has 0 saturated carbocycles. The maximum atomic E-state index is 13.4. The summed E-state index contributed by atoms with van der Waals surface area (Å²) in [5.41, 5.74) is 0.976. The van der Waals surface area contributed by atoms with Crippen molar-refractivity contribution in [1.82, 2.24) is 14.8 Å². The first-order valence-corrected chi connectivity index (χ1v) is 8.98. The van der Waals surface area contributed by atoms with E-state index in [-0.39, 0.29) is 11.3 Å². The number of ketones is 1. The Morgan fingerprint density at radius 1 is 1.11 bits per heavy atom. The van der Waals surface area contributed by atoms with E-state index >= 15 is 0 Å². The number of methoxy groups -OCH3 is 1. The van der Waals surface area contributed by atoms with Gasteiger partial charge in [0, 0.05) is 18.2 Å². The molecule has 0 aliphatic rings. The van der Waals surface area contributed by atoms with Gasteiger partial charge in [-0.15, -0.1) is 10.2 Å². The molecule has 3 aromatic rings. The summed E-state index contributed by atoms with van der Waals surface area (Å²) < 4.78 is 33.3. The predicted molar refractivity (Wildman–Crippen MR) is 99.0 cm³/mol. The smallest absolute Gasteiger partial charge is 0.191 e. The number of halogens is 2. The topological polar surface area (TPSA) is 57.0 Å². The fraction of sp³-hybridized carbons (Fsp3) is 0.211. The minimum Gasteiger partial charge on any atom is -0.497 e. The van der Waals surface area contributed by atoms with Crippen molar-refractivity contribution >= 4 is 17.5 Å². The molecular weight excluding hydrogens is 372 g/mol. The van der Waals surface area contributed by atoms with Crippen LogP contribution in [0.15, 0.2) is 47.6 Å². The van der Waals surface area contributed by atoms with Crippen LogP contribution in [0, 0.1) is 11.6 Å². The molecule has 1 aromatic heterocycles. The van der Waals surface area contributed by atoms with E-state index in [0.717, 1.165) is 23.4 Å². The van der Waals surface area contributed by atoms with Crippen molar-refractivity contribution in [3.63, 3.8) is 0 Å². The van der Waals surface area contributed by atoms with Gasteiger partial charge in [0.2, 0.25) is 0 Å². The van der Waals surface area contributed by atoms with Crippen LogP contribution in [0.4, 0.5) is 8.78 Å². The second-order valence-corrected chi connectivity index (χ2v) is 7.15. The quantitative estimate of drug-likeness (QED) is 0.469. The van der Waals surface area contributed by atoms with Gasteiger partial charge < -0.3 is 9.30 Å². The number of carbonyl (C=O) groups excluding carboxylic acids is 1. The number of ether oxygens (including phenoxy) is 1. The van der Waals surface area contributed by atoms with E-state index in [1.807, 2.05) is 24.3 Å². The van der Waals surface area contributed by atoms with Gasteiger partial charge in [-0.2, -0.15) is 0 Å². The van der Waals surface area contributed by atoms with Crippen molar-refractivity contribution < 1.29 is 18.3 Å². The van der Waals surface area contributed by atoms with Gasteiger partial charge in [0.15, 0.2) is 28.4 Å². The molecule has 0 fully saturated rings. The number of Topliss-reactive ketones (excluding diaryl/α,β-unsaturated/α-hetero) is 1. The Morgan fingerprint density at radius 3 is 2.44 bits per heavy atom. The highest BCUT2D eigenvalue weighted by atomic mass is 32.2. The highest BCUT2D eigenvalue weighted by Gasteiger charge is 2.21. The third-order valence-electron chi connectivity index (χ3n) is 4.04. The Morgan fingerprint density at radius 2 is 1.81 bits per heavy atom. The highest BCUT2D eigenvalue weighted by Crippen LogP contribution is 2.28. The first kappa shape index (κ1) is 19.0. The van der Waals surface area contributed by atoms with Crippen LogP contribution in [0.1, 0.15) is 17.3 Å². The van der Waals surface area contributed by atoms with Gasteiger partial charge >= 0.3 is 0 Å². The first-order chi connectivity index (χ1) is 12.9. The van der Waals surface area contributed by atoms with Gasteiger partial charge in [0.05, 0.1) is 12.4 Å². The molecule has 27 heavy (non-hydrogen) atoms. The monoisotopic (exact) mass is 389 g/mol. The second kappa shape index (κ2) is 7.87. The zero-order valence-corrected chi connectivity index (χ0v) is 15.8. The normalized spacial score (nSPS) is 12.0. The lowest BCUT2D eigenvalue weighted by Gasteiger charge is -2.10. The van der Waals surface area contributed by atoms with Gasteiger partial charge in [-0.3, -0.25) is 4.79 Å². The summed E-state index contributed by atoms with van der Waals surface area (Å²) in [4.78, 5) is 12.5. The number of carbonyl (C=O) groups is 1. The van der Waals surface area contributed by atoms with Crippen LogP contribution < -0.4 is 4.74 Å². The molecule has 0 unspecified atom stereocenters. The van der Waals surface area contributed by atoms with E-state index in [9.17, 15) is 13.6 Å². The number of nitrogens with zero attached hydrogens (tertiary/aromatic N) is 3. The summed E-state index contributed by atoms with van der Waals surface area (Å²) in [6, 6.07) is 10.5. The molecule has 0 amide bonds. The van der Waals surface area contributed by atoms with Crippen LogP contribution in [0.3, 0.4) is 0 Å². The Labute approximate surface area is 159 Å². The standard InChI is InChI=1S/C19H17F2N3O2S/c1-11(17(25)13-6-9-15(20)16(21)10-13)27-19-23-22-18(24(19)2)12-4-7-14(26-3)8-5-12/h4-11H,1-3H3/t11-/m0/s1. The average Bonchev–Trinajstić information content (AvgIpc) is 3.03. The van der Waals surface area contributed by atoms with Gasteiger partial charge in [-0.25, -0.2) is 8.78 Å². The van der Waals surface area contributed by atoms with Gasteiger partial charge in [-0.1, -0.05) is 11.8 Å². The fourth-order valence-electron chi connectivity index (χ4n) is 2.50. The van der Waals surface area contributed by atoms with E-state index in [1.165, 1.54) is 17.8 Å². The zero-order chi connectivity index (χ0) is 19.6. The van der Waals surface area contributed by atoms with Crippen LogP contribution in [0.25, 0.3) is 11.4 Å². The van der Waals surface area contributed by atoms with Crippen molar-refractivity contribution in [2.45, 2.75) is 17.3 Å². The van der Waals surface area contributed by atoms with Crippen molar-refractivity contribution in [2.75, 3.05) is 7.11 Å². The number of hydrogen-bond acceptors (Lipinski definition) is 5. The Kier molecular flexibility index (Phi) is 5.55. The third kappa shape index (κ3) is 4.00. The lowest BCUT2D eigenvalue weighted by molar-refractivity contribution is 0.0993. The van der Waals surface area contributed by atoms with E-state index in [4.69, 9.17) is 4.74 Å². The van der Waals surface area contributed by atoms with Crippen molar-refractivity contribution in [1.29, 1.82) is 0 Å². The minimum atomic E-state index is -1.04. The molecular formula is C19H17F2N3O2S. The molecule has 1 heterocycles. The van der Waals surface area contributed by atoms with Crippen LogP contribution in [0.2, 0.25) is 0 Å². The van der Waals surface area contributed by atoms with Crippen molar-refractivity contribution in [2.24, 2.45) is 7.05 Å². The van der Waals surface area contributed by atoms with Gasteiger partial charge in [-0.05, 0) is 49.4 Å². The Bertz CT molecular complexity index is 974. The summed E-state index contributed by atoms with van der Waals surface area (Å²) in [5, 5.41) is 8.33. The van der Waals surface area contributed by atoms with E-state index in [2.05, 4.69) is 10.2 Å². The minimum absolute atomic E-state index is 0.117. The number of aromatic nitrogens is 3. The molecule has 0 aliphatic carbocycles. The average molecular weight is 389 g/mol. The van der Waals surface area contributed by atoms with Gasteiger partial charge in [0.1, 0.15) is 5.75 Å². The van der Waals surface area contributed by atoms with Crippen LogP contribution in [-0.4, -0.2) is 32.9 Å². The number of hydrogen-bond donors (Lipinski definition) is 0. The molecule has 0 radical (unpaired) electrons. The Hall–Kier alpha value is -2.74. The molecule has 0 saturated heterocycles. The molecule has 0 N–H and O–H groups in total. The second-order valence-electron chi connectivity index (χ2n) is 5.85. The summed E-state index contributed by atoms with van der Waals surface area (Å²) in [6.07, 6.45) is 0. The summed E-state index contributed by atoms with van der Waals surface area (Å²) >= 11 is 1.21. The molecule has 140 valence electrons. The maximum Gasteiger partial charge on any atom is 0.191 e. The molecule has 0 aliphatic heterocycles. The van der Waals surface area contributed by atoms with E-state index in [0.29, 0.717) is 11.0 Å². The zero-order valence-electron chi connectivity index (χ0n) is 14.9. The first-order valence-electron chi connectivity index (χ1n) is 8.10. The highest BCUT2D eigenvalue weighted by molar-refractivity contribution is 8.00. The van der Waals surface area contributed by atoms with Crippen LogP contribution >= 0.6 is 11.8 Å². The van der Waals surface area contributed by atoms with Crippen molar-refractivity contribution in [3.05, 3.63) is 59.7 Å². The van der Waals surface area contributed by atoms with Gasteiger partial charge in [0.25, 0.3) is 0 Å². The Balaban J connectivity index is 1.78. The summed E-state index contributed by atoms with van der Waals surface area (Å²) in [7, 11) is 3.40. The molecule has 8 heteroatoms. The lowest BCUT2D eigenvalue weighted by atomic mass is 10.1. The van der Waals surface area contributed by atoms with E-state index in [1.54, 1.807) is 25.6 Å².